The minimum absolute atomic E-state index is 0.249. The maximum absolute atomic E-state index is 11.0. The molecular weight excluding hydrogens is 314 g/mol. The molecular formula is C21H15NO3. The summed E-state index contributed by atoms with van der Waals surface area (Å²) >= 11 is 0. The summed E-state index contributed by atoms with van der Waals surface area (Å²) in [6.07, 6.45) is 0. The Bertz CT molecular complexity index is 969. The molecule has 0 aliphatic rings. The number of benzene rings is 3. The fraction of sp³-hybridized carbons (Fsp3) is 0.0476. The van der Waals surface area contributed by atoms with Crippen molar-refractivity contribution in [3.63, 3.8) is 0 Å². The number of carboxylic acids is 1. The number of hydrogen-bond acceptors (Lipinski definition) is 3. The molecule has 0 radical (unpaired) electrons. The van der Waals surface area contributed by atoms with Crippen molar-refractivity contribution in [2.75, 3.05) is 7.11 Å². The number of aromatic carboxylic acids is 1. The van der Waals surface area contributed by atoms with Crippen LogP contribution in [0.2, 0.25) is 0 Å². The van der Waals surface area contributed by atoms with Crippen LogP contribution < -0.4 is 4.74 Å². The van der Waals surface area contributed by atoms with Crippen molar-refractivity contribution >= 4 is 5.97 Å². The van der Waals surface area contributed by atoms with Crippen LogP contribution in [-0.4, -0.2) is 18.2 Å². The molecule has 0 bridgehead atoms. The van der Waals surface area contributed by atoms with E-state index in [0.29, 0.717) is 11.3 Å². The van der Waals surface area contributed by atoms with E-state index in [9.17, 15) is 4.79 Å². The van der Waals surface area contributed by atoms with Gasteiger partial charge in [0.25, 0.3) is 0 Å². The second-order valence-corrected chi connectivity index (χ2v) is 5.49. The van der Waals surface area contributed by atoms with Crippen molar-refractivity contribution in [1.82, 2.24) is 0 Å². The van der Waals surface area contributed by atoms with Gasteiger partial charge in [-0.2, -0.15) is 5.26 Å². The first-order valence-electron chi connectivity index (χ1n) is 7.64. The fourth-order valence-corrected chi connectivity index (χ4v) is 2.67. The molecule has 0 aromatic heterocycles. The Morgan fingerprint density at radius 2 is 1.68 bits per heavy atom. The van der Waals surface area contributed by atoms with Crippen molar-refractivity contribution in [3.8, 4) is 34.1 Å². The number of carbonyl (C=O) groups is 1. The minimum Gasteiger partial charge on any atom is -0.496 e. The summed E-state index contributed by atoms with van der Waals surface area (Å²) < 4.78 is 5.45. The third-order valence-corrected chi connectivity index (χ3v) is 3.97. The number of nitriles is 1. The van der Waals surface area contributed by atoms with Gasteiger partial charge in [-0.15, -0.1) is 0 Å². The number of carboxylic acid groups (broad SMARTS) is 1. The SMILES string of the molecule is COc1ccc(-c2ccc(C(=O)O)cc2)cc1-c1cccc(C#N)c1. The number of rotatable bonds is 4. The predicted molar refractivity (Wildman–Crippen MR) is 95.5 cm³/mol. The summed E-state index contributed by atoms with van der Waals surface area (Å²) in [5, 5.41) is 18.1. The topological polar surface area (TPSA) is 70.3 Å². The van der Waals surface area contributed by atoms with Gasteiger partial charge < -0.3 is 9.84 Å². The molecule has 0 amide bonds. The smallest absolute Gasteiger partial charge is 0.335 e. The molecule has 0 fully saturated rings. The zero-order valence-electron chi connectivity index (χ0n) is 13.6. The lowest BCUT2D eigenvalue weighted by Gasteiger charge is -2.12. The fourth-order valence-electron chi connectivity index (χ4n) is 2.67. The number of hydrogen-bond donors (Lipinski definition) is 1. The van der Waals surface area contributed by atoms with Gasteiger partial charge >= 0.3 is 5.97 Å². The van der Waals surface area contributed by atoms with E-state index in [2.05, 4.69) is 6.07 Å². The molecule has 0 saturated heterocycles. The van der Waals surface area contributed by atoms with E-state index in [4.69, 9.17) is 15.1 Å². The summed E-state index contributed by atoms with van der Waals surface area (Å²) in [5.41, 5.74) is 4.44. The van der Waals surface area contributed by atoms with E-state index in [1.165, 1.54) is 0 Å². The van der Waals surface area contributed by atoms with Crippen molar-refractivity contribution in [1.29, 1.82) is 5.26 Å². The van der Waals surface area contributed by atoms with Crippen LogP contribution in [0.3, 0.4) is 0 Å². The highest BCUT2D eigenvalue weighted by molar-refractivity contribution is 5.88. The van der Waals surface area contributed by atoms with Gasteiger partial charge in [0.05, 0.1) is 24.3 Å². The number of ether oxygens (including phenoxy) is 1. The number of nitrogens with zero attached hydrogens (tertiary/aromatic N) is 1. The summed E-state index contributed by atoms with van der Waals surface area (Å²) in [7, 11) is 1.61. The normalized spacial score (nSPS) is 10.1. The zero-order chi connectivity index (χ0) is 17.8. The third-order valence-electron chi connectivity index (χ3n) is 3.97. The van der Waals surface area contributed by atoms with Crippen LogP contribution in [-0.2, 0) is 0 Å². The molecule has 122 valence electrons. The Morgan fingerprint density at radius 1 is 0.960 bits per heavy atom. The molecule has 0 heterocycles. The standard InChI is InChI=1S/C21H15NO3/c1-25-20-10-9-17(15-5-7-16(8-6-15)21(23)24)12-19(20)18-4-2-3-14(11-18)13-22/h2-12H,1H3,(H,23,24). The van der Waals surface area contributed by atoms with E-state index in [1.807, 2.05) is 36.4 Å². The van der Waals surface area contributed by atoms with E-state index in [1.54, 1.807) is 37.4 Å². The Kier molecular flexibility index (Phi) is 4.49. The monoisotopic (exact) mass is 329 g/mol. The quantitative estimate of drug-likeness (QED) is 0.759. The van der Waals surface area contributed by atoms with E-state index >= 15 is 0 Å². The Labute approximate surface area is 145 Å². The van der Waals surface area contributed by atoms with Gasteiger partial charge in [-0.25, -0.2) is 4.79 Å². The predicted octanol–water partition coefficient (Wildman–Crippen LogP) is 4.60. The molecule has 3 rings (SSSR count). The van der Waals surface area contributed by atoms with Gasteiger partial charge in [0, 0.05) is 5.56 Å². The van der Waals surface area contributed by atoms with Crippen LogP contribution in [0.4, 0.5) is 0 Å². The molecule has 0 saturated carbocycles. The molecule has 0 aliphatic heterocycles. The average Bonchev–Trinajstić information content (AvgIpc) is 2.67. The molecule has 25 heavy (non-hydrogen) atoms. The second kappa shape index (κ2) is 6.90. The Hall–Kier alpha value is -3.58. The highest BCUT2D eigenvalue weighted by atomic mass is 16.5. The first-order valence-corrected chi connectivity index (χ1v) is 7.64. The lowest BCUT2D eigenvalue weighted by Crippen LogP contribution is -1.95. The van der Waals surface area contributed by atoms with Gasteiger partial charge in [-0.3, -0.25) is 0 Å². The van der Waals surface area contributed by atoms with E-state index in [0.717, 1.165) is 22.3 Å². The second-order valence-electron chi connectivity index (χ2n) is 5.49. The summed E-state index contributed by atoms with van der Waals surface area (Å²) in [6, 6.07) is 22.0. The third kappa shape index (κ3) is 3.36. The number of methoxy groups -OCH3 is 1. The molecule has 0 atom stereocenters. The van der Waals surface area contributed by atoms with Gasteiger partial charge in [0.2, 0.25) is 0 Å². The molecule has 0 spiro atoms. The van der Waals surface area contributed by atoms with Crippen molar-refractivity contribution in [2.45, 2.75) is 0 Å². The van der Waals surface area contributed by atoms with Gasteiger partial charge in [0.1, 0.15) is 5.75 Å². The van der Waals surface area contributed by atoms with E-state index in [-0.39, 0.29) is 5.56 Å². The van der Waals surface area contributed by atoms with Crippen LogP contribution in [0.1, 0.15) is 15.9 Å². The molecule has 0 unspecified atom stereocenters. The lowest BCUT2D eigenvalue weighted by molar-refractivity contribution is 0.0697. The molecule has 1 N–H and O–H groups in total. The first-order chi connectivity index (χ1) is 12.1. The Morgan fingerprint density at radius 3 is 2.32 bits per heavy atom. The summed E-state index contributed by atoms with van der Waals surface area (Å²) in [4.78, 5) is 11.0. The molecule has 0 aliphatic carbocycles. The molecule has 4 nitrogen and oxygen atoms in total. The van der Waals surface area contributed by atoms with Gasteiger partial charge in [-0.1, -0.05) is 30.3 Å². The first kappa shape index (κ1) is 16.3. The van der Waals surface area contributed by atoms with Gasteiger partial charge in [0.15, 0.2) is 0 Å². The van der Waals surface area contributed by atoms with Crippen LogP contribution in [0, 0.1) is 11.3 Å². The molecule has 3 aromatic carbocycles. The maximum Gasteiger partial charge on any atom is 0.335 e. The van der Waals surface area contributed by atoms with E-state index < -0.39 is 5.97 Å². The van der Waals surface area contributed by atoms with Crippen LogP contribution in [0.25, 0.3) is 22.3 Å². The average molecular weight is 329 g/mol. The zero-order valence-corrected chi connectivity index (χ0v) is 13.6. The summed E-state index contributed by atoms with van der Waals surface area (Å²) in [5.74, 6) is -0.240. The maximum atomic E-state index is 11.0. The van der Waals surface area contributed by atoms with Crippen LogP contribution >= 0.6 is 0 Å². The largest absolute Gasteiger partial charge is 0.496 e. The van der Waals surface area contributed by atoms with Gasteiger partial charge in [-0.05, 0) is 53.1 Å². The highest BCUT2D eigenvalue weighted by Gasteiger charge is 2.10. The van der Waals surface area contributed by atoms with Crippen LogP contribution in [0.15, 0.2) is 66.7 Å². The van der Waals surface area contributed by atoms with Crippen molar-refractivity contribution in [2.24, 2.45) is 0 Å². The molecule has 4 heteroatoms. The minimum atomic E-state index is -0.949. The molecule has 3 aromatic rings. The van der Waals surface area contributed by atoms with Crippen molar-refractivity contribution < 1.29 is 14.6 Å². The highest BCUT2D eigenvalue weighted by Crippen LogP contribution is 2.34. The summed E-state index contributed by atoms with van der Waals surface area (Å²) in [6.45, 7) is 0. The Balaban J connectivity index is 2.08. The van der Waals surface area contributed by atoms with Crippen LogP contribution in [0.5, 0.6) is 5.75 Å². The lowest BCUT2D eigenvalue weighted by atomic mass is 9.96. The van der Waals surface area contributed by atoms with Crippen molar-refractivity contribution in [3.05, 3.63) is 77.9 Å².